The van der Waals surface area contributed by atoms with Crippen molar-refractivity contribution in [1.82, 2.24) is 10.2 Å². The molecule has 0 bridgehead atoms. The minimum atomic E-state index is -1.57. The molecule has 2 fully saturated rings. The normalized spacial score (nSPS) is 26.8. The molecule has 0 aromatic heterocycles. The van der Waals surface area contributed by atoms with Crippen molar-refractivity contribution in [3.8, 4) is 5.75 Å². The summed E-state index contributed by atoms with van der Waals surface area (Å²) in [5.41, 5.74) is -0.384. The molecule has 1 aromatic rings. The monoisotopic (exact) mass is 392 g/mol. The quantitative estimate of drug-likeness (QED) is 0.415. The highest BCUT2D eigenvalue weighted by atomic mass is 32.2. The molecule has 2 N–H and O–H groups in total. The molecule has 0 aliphatic carbocycles. The highest BCUT2D eigenvalue weighted by molar-refractivity contribution is 8.00. The number of β-lactam (4-membered cyclic amide) rings is 1. The topological polar surface area (TPSA) is 105 Å². The lowest BCUT2D eigenvalue weighted by atomic mass is 9.94. The Balaban J connectivity index is 1.74. The van der Waals surface area contributed by atoms with E-state index in [1.165, 1.54) is 23.8 Å². The molecule has 1 aromatic carbocycles. The van der Waals surface area contributed by atoms with E-state index in [9.17, 15) is 19.5 Å². The van der Waals surface area contributed by atoms with Crippen LogP contribution in [0.25, 0.3) is 0 Å². The Morgan fingerprint density at radius 1 is 1.37 bits per heavy atom. The zero-order chi connectivity index (χ0) is 19.8. The van der Waals surface area contributed by atoms with Crippen LogP contribution in [0.4, 0.5) is 0 Å². The molecule has 2 heterocycles. The van der Waals surface area contributed by atoms with Crippen LogP contribution in [0.1, 0.15) is 5.56 Å². The van der Waals surface area contributed by atoms with E-state index >= 15 is 0 Å². The van der Waals surface area contributed by atoms with Crippen molar-refractivity contribution in [2.45, 2.75) is 23.6 Å². The number of nitrogens with zero attached hydrogens (tertiary/aromatic N) is 1. The first-order valence-electron chi connectivity index (χ1n) is 8.18. The maximum absolute atomic E-state index is 12.7. The molecule has 8 nitrogen and oxygen atoms in total. The number of carboxylic acid groups (broad SMARTS) is 1. The number of rotatable bonds is 6. The number of methoxy groups -OCH3 is 2. The van der Waals surface area contributed by atoms with E-state index in [4.69, 9.17) is 9.47 Å². The lowest BCUT2D eigenvalue weighted by Crippen LogP contribution is -2.83. The second kappa shape index (κ2) is 7.24. The summed E-state index contributed by atoms with van der Waals surface area (Å²) < 4.78 is 10.5. The van der Waals surface area contributed by atoms with E-state index < -0.39 is 34.9 Å². The zero-order valence-electron chi connectivity index (χ0n) is 14.9. The number of amides is 2. The summed E-state index contributed by atoms with van der Waals surface area (Å²) >= 11 is 1.32. The second-order valence-corrected chi connectivity index (χ2v) is 7.36. The van der Waals surface area contributed by atoms with Gasteiger partial charge in [-0.05, 0) is 23.3 Å². The third-order valence-corrected chi connectivity index (χ3v) is 6.06. The van der Waals surface area contributed by atoms with Crippen LogP contribution in [0.3, 0.4) is 0 Å². The standard InChI is InChI=1S/C18H20N2O6S/c1-10-9-27-17-18(26-3,16(24)20(17)14(10)15(22)23)19-13(21)8-11-4-6-12(25-2)7-5-11/h4-7,14,17H,1,8-9H2,2-3H3,(H,19,21)(H,22,23)/t14?,17-,18?/m0/s1. The van der Waals surface area contributed by atoms with Gasteiger partial charge in [0.2, 0.25) is 5.91 Å². The summed E-state index contributed by atoms with van der Waals surface area (Å²) in [5, 5.41) is 11.4. The highest BCUT2D eigenvalue weighted by Crippen LogP contribution is 2.46. The fraction of sp³-hybridized carbons (Fsp3) is 0.389. The smallest absolute Gasteiger partial charge is 0.330 e. The molecule has 0 spiro atoms. The summed E-state index contributed by atoms with van der Waals surface area (Å²) in [6.45, 7) is 3.74. The summed E-state index contributed by atoms with van der Waals surface area (Å²) in [4.78, 5) is 37.9. The van der Waals surface area contributed by atoms with Gasteiger partial charge in [0.25, 0.3) is 11.6 Å². The lowest BCUT2D eigenvalue weighted by molar-refractivity contribution is -0.201. The van der Waals surface area contributed by atoms with Crippen LogP contribution < -0.4 is 10.1 Å². The van der Waals surface area contributed by atoms with Crippen LogP contribution in [0.5, 0.6) is 5.75 Å². The molecule has 3 rings (SSSR count). The van der Waals surface area contributed by atoms with Crippen LogP contribution in [-0.2, 0) is 25.5 Å². The first kappa shape index (κ1) is 19.2. The van der Waals surface area contributed by atoms with Gasteiger partial charge in [0, 0.05) is 12.9 Å². The van der Waals surface area contributed by atoms with Crippen molar-refractivity contribution in [3.63, 3.8) is 0 Å². The van der Waals surface area contributed by atoms with Crippen LogP contribution in [-0.4, -0.2) is 64.9 Å². The Kier molecular flexibility index (Phi) is 5.16. The number of fused-ring (bicyclic) bond motifs is 1. The molecule has 3 atom stereocenters. The van der Waals surface area contributed by atoms with Gasteiger partial charge in [-0.15, -0.1) is 11.8 Å². The van der Waals surface area contributed by atoms with Gasteiger partial charge in [0.05, 0.1) is 13.5 Å². The molecule has 2 amide bonds. The SMILES string of the molecule is C=C1CS[C@@H]2N(C(=O)C2(NC(=O)Cc2ccc(OC)cc2)OC)C1C(=O)O. The summed E-state index contributed by atoms with van der Waals surface area (Å²) in [6.07, 6.45) is 0.0504. The first-order chi connectivity index (χ1) is 12.8. The number of thioether (sulfide) groups is 1. The van der Waals surface area contributed by atoms with Gasteiger partial charge in [-0.25, -0.2) is 4.79 Å². The average molecular weight is 392 g/mol. The predicted molar refractivity (Wildman–Crippen MR) is 98.2 cm³/mol. The molecule has 2 saturated heterocycles. The number of carboxylic acids is 1. The Labute approximate surface area is 160 Å². The highest BCUT2D eigenvalue weighted by Gasteiger charge is 2.67. The summed E-state index contributed by atoms with van der Waals surface area (Å²) in [7, 11) is 2.88. The number of aliphatic carboxylic acids is 1. The number of carbonyl (C=O) groups is 3. The molecule has 2 aliphatic heterocycles. The van der Waals surface area contributed by atoms with E-state index in [0.29, 0.717) is 17.1 Å². The molecule has 27 heavy (non-hydrogen) atoms. The maximum Gasteiger partial charge on any atom is 0.330 e. The number of benzene rings is 1. The molecular formula is C18H20N2O6S. The first-order valence-corrected chi connectivity index (χ1v) is 9.23. The maximum atomic E-state index is 12.7. The zero-order valence-corrected chi connectivity index (χ0v) is 15.7. The van der Waals surface area contributed by atoms with Crippen LogP contribution in [0.15, 0.2) is 36.4 Å². The minimum absolute atomic E-state index is 0.0504. The van der Waals surface area contributed by atoms with Crippen molar-refractivity contribution in [2.75, 3.05) is 20.0 Å². The lowest BCUT2D eigenvalue weighted by Gasteiger charge is -2.58. The Morgan fingerprint density at radius 3 is 2.59 bits per heavy atom. The molecular weight excluding hydrogens is 372 g/mol. The van der Waals surface area contributed by atoms with Gasteiger partial charge in [-0.2, -0.15) is 0 Å². The number of nitrogens with one attached hydrogen (secondary N) is 1. The minimum Gasteiger partial charge on any atom is -0.497 e. The van der Waals surface area contributed by atoms with Crippen LogP contribution in [0, 0.1) is 0 Å². The third kappa shape index (κ3) is 3.17. The molecule has 2 aliphatic rings. The van der Waals surface area contributed by atoms with E-state index in [0.717, 1.165) is 5.56 Å². The van der Waals surface area contributed by atoms with E-state index in [1.54, 1.807) is 31.4 Å². The Bertz CT molecular complexity index is 796. The van der Waals surface area contributed by atoms with Crippen molar-refractivity contribution in [2.24, 2.45) is 0 Å². The van der Waals surface area contributed by atoms with E-state index in [2.05, 4.69) is 11.9 Å². The van der Waals surface area contributed by atoms with Gasteiger partial charge in [0.1, 0.15) is 11.1 Å². The van der Waals surface area contributed by atoms with E-state index in [1.807, 2.05) is 0 Å². The van der Waals surface area contributed by atoms with Crippen molar-refractivity contribution < 1.29 is 29.0 Å². The molecule has 0 saturated carbocycles. The molecule has 9 heteroatoms. The number of hydrogen-bond acceptors (Lipinski definition) is 6. The Morgan fingerprint density at radius 2 is 2.04 bits per heavy atom. The summed E-state index contributed by atoms with van der Waals surface area (Å²) in [6, 6.07) is 5.89. The van der Waals surface area contributed by atoms with Gasteiger partial charge in [-0.3, -0.25) is 9.59 Å². The van der Waals surface area contributed by atoms with Gasteiger partial charge >= 0.3 is 5.97 Å². The number of ether oxygens (including phenoxy) is 2. The fourth-order valence-electron chi connectivity index (χ4n) is 3.27. The van der Waals surface area contributed by atoms with Crippen LogP contribution >= 0.6 is 11.8 Å². The molecule has 2 unspecified atom stereocenters. The number of carbonyl (C=O) groups excluding carboxylic acids is 2. The van der Waals surface area contributed by atoms with Crippen molar-refractivity contribution >= 4 is 29.5 Å². The van der Waals surface area contributed by atoms with Gasteiger partial charge in [0.15, 0.2) is 6.04 Å². The largest absolute Gasteiger partial charge is 0.497 e. The van der Waals surface area contributed by atoms with Crippen LogP contribution in [0.2, 0.25) is 0 Å². The Hall–Kier alpha value is -2.52. The third-order valence-electron chi connectivity index (χ3n) is 4.65. The second-order valence-electron chi connectivity index (χ2n) is 6.29. The predicted octanol–water partition coefficient (Wildman–Crippen LogP) is 0.621. The van der Waals surface area contributed by atoms with E-state index in [-0.39, 0.29) is 6.42 Å². The van der Waals surface area contributed by atoms with Crippen molar-refractivity contribution in [1.29, 1.82) is 0 Å². The fourth-order valence-corrected chi connectivity index (χ4v) is 4.67. The summed E-state index contributed by atoms with van der Waals surface area (Å²) in [5.74, 6) is -1.08. The number of hydrogen-bond donors (Lipinski definition) is 2. The van der Waals surface area contributed by atoms with Gasteiger partial charge < -0.3 is 24.8 Å². The molecule has 0 radical (unpaired) electrons. The molecule has 144 valence electrons. The van der Waals surface area contributed by atoms with Gasteiger partial charge in [-0.1, -0.05) is 18.7 Å². The average Bonchev–Trinajstić information content (AvgIpc) is 2.65. The van der Waals surface area contributed by atoms with Crippen molar-refractivity contribution in [3.05, 3.63) is 42.0 Å².